The van der Waals surface area contributed by atoms with Crippen LogP contribution in [-0.4, -0.2) is 29.1 Å². The lowest BCUT2D eigenvalue weighted by Crippen LogP contribution is -2.42. The van der Waals surface area contributed by atoms with Crippen LogP contribution < -0.4 is 10.6 Å². The molecule has 0 radical (unpaired) electrons. The van der Waals surface area contributed by atoms with Crippen LogP contribution in [0.4, 0.5) is 5.69 Å². The zero-order valence-electron chi connectivity index (χ0n) is 13.2. The van der Waals surface area contributed by atoms with E-state index in [9.17, 15) is 4.79 Å². The quantitative estimate of drug-likeness (QED) is 0.586. The van der Waals surface area contributed by atoms with Gasteiger partial charge in [-0.15, -0.1) is 0 Å². The lowest BCUT2D eigenvalue weighted by molar-refractivity contribution is -0.138. The standard InChI is InChI=1S/C17H22N4O2/c1-12(16(22)23)19-17(20-14-5-3-2-4-6-14)21-15-9-7-13(11-18)8-10-15/h7-10,12,14H,2-6H2,1H3,(H,22,23)(H2,19,20,21)/t12-/m1/s1. The number of benzene rings is 1. The molecule has 0 bridgehead atoms. The number of nitrogens with one attached hydrogen (secondary N) is 2. The fourth-order valence-corrected chi connectivity index (χ4v) is 2.53. The molecule has 0 spiro atoms. The van der Waals surface area contributed by atoms with Crippen molar-refractivity contribution in [1.29, 1.82) is 5.26 Å². The van der Waals surface area contributed by atoms with Gasteiger partial charge in [0, 0.05) is 5.69 Å². The van der Waals surface area contributed by atoms with Gasteiger partial charge in [-0.3, -0.25) is 4.79 Å². The summed E-state index contributed by atoms with van der Waals surface area (Å²) in [5, 5.41) is 24.0. The van der Waals surface area contributed by atoms with Gasteiger partial charge in [0.1, 0.15) is 6.04 Å². The van der Waals surface area contributed by atoms with E-state index in [0.29, 0.717) is 11.5 Å². The summed E-state index contributed by atoms with van der Waals surface area (Å²) in [4.78, 5) is 15.7. The fraction of sp³-hybridized carbons (Fsp3) is 0.471. The minimum Gasteiger partial charge on any atom is -0.480 e. The maximum atomic E-state index is 11.1. The van der Waals surface area contributed by atoms with Gasteiger partial charge in [-0.25, -0.2) is 4.99 Å². The number of carbonyl (C=O) groups is 1. The molecule has 6 heteroatoms. The third-order valence-corrected chi connectivity index (χ3v) is 3.89. The lowest BCUT2D eigenvalue weighted by Gasteiger charge is -2.21. The molecule has 0 aromatic heterocycles. The predicted octanol–water partition coefficient (Wildman–Crippen LogP) is 2.72. The first kappa shape index (κ1) is 16.8. The zero-order chi connectivity index (χ0) is 16.7. The van der Waals surface area contributed by atoms with Crippen LogP contribution in [0.1, 0.15) is 44.6 Å². The summed E-state index contributed by atoms with van der Waals surface area (Å²) in [5.74, 6) is -0.459. The molecule has 1 aliphatic carbocycles. The predicted molar refractivity (Wildman–Crippen MR) is 89.3 cm³/mol. The Morgan fingerprint density at radius 1 is 1.30 bits per heavy atom. The first-order valence-corrected chi connectivity index (χ1v) is 7.93. The molecule has 23 heavy (non-hydrogen) atoms. The number of anilines is 1. The minimum absolute atomic E-state index is 0.220. The molecule has 0 amide bonds. The van der Waals surface area contributed by atoms with Gasteiger partial charge in [0.25, 0.3) is 0 Å². The van der Waals surface area contributed by atoms with Crippen molar-refractivity contribution >= 4 is 17.6 Å². The van der Waals surface area contributed by atoms with Crippen molar-refractivity contribution in [3.63, 3.8) is 0 Å². The Kier molecular flexibility index (Phi) is 5.98. The van der Waals surface area contributed by atoms with Crippen molar-refractivity contribution < 1.29 is 9.90 Å². The van der Waals surface area contributed by atoms with Crippen LogP contribution in [0, 0.1) is 11.3 Å². The number of hydrogen-bond donors (Lipinski definition) is 3. The fourth-order valence-electron chi connectivity index (χ4n) is 2.53. The zero-order valence-corrected chi connectivity index (χ0v) is 13.2. The number of aliphatic carboxylic acids is 1. The molecule has 6 nitrogen and oxygen atoms in total. The number of carboxylic acid groups (broad SMARTS) is 1. The Morgan fingerprint density at radius 2 is 1.96 bits per heavy atom. The lowest BCUT2D eigenvalue weighted by atomic mass is 9.96. The van der Waals surface area contributed by atoms with E-state index in [0.717, 1.165) is 31.4 Å². The molecular weight excluding hydrogens is 292 g/mol. The average molecular weight is 314 g/mol. The molecule has 0 unspecified atom stereocenters. The van der Waals surface area contributed by atoms with E-state index in [-0.39, 0.29) is 6.04 Å². The van der Waals surface area contributed by atoms with E-state index in [1.807, 2.05) is 0 Å². The Balaban J connectivity index is 2.12. The van der Waals surface area contributed by atoms with Gasteiger partial charge in [0.15, 0.2) is 5.96 Å². The van der Waals surface area contributed by atoms with Gasteiger partial charge in [0.2, 0.25) is 0 Å². The normalized spacial score (nSPS) is 17.1. The van der Waals surface area contributed by atoms with Crippen molar-refractivity contribution in [2.45, 2.75) is 51.1 Å². The van der Waals surface area contributed by atoms with Gasteiger partial charge >= 0.3 is 5.97 Å². The van der Waals surface area contributed by atoms with E-state index >= 15 is 0 Å². The van der Waals surface area contributed by atoms with E-state index in [2.05, 4.69) is 21.7 Å². The number of guanidine groups is 1. The second-order valence-electron chi connectivity index (χ2n) is 5.79. The molecule has 1 saturated carbocycles. The molecule has 1 aromatic carbocycles. The van der Waals surface area contributed by atoms with Gasteiger partial charge < -0.3 is 15.7 Å². The molecule has 1 aliphatic rings. The maximum Gasteiger partial charge on any atom is 0.325 e. The Morgan fingerprint density at radius 3 is 2.52 bits per heavy atom. The molecule has 1 atom stereocenters. The summed E-state index contributed by atoms with van der Waals surface area (Å²) in [5.41, 5.74) is 1.34. The molecule has 0 aliphatic heterocycles. The van der Waals surface area contributed by atoms with Crippen LogP contribution in [0.15, 0.2) is 29.3 Å². The first-order valence-electron chi connectivity index (χ1n) is 7.93. The Labute approximate surface area is 136 Å². The molecule has 1 aromatic rings. The Bertz CT molecular complexity index is 598. The van der Waals surface area contributed by atoms with Gasteiger partial charge in [-0.05, 0) is 44.0 Å². The SMILES string of the molecule is C[C@@H](NC(=NC1CCCCC1)Nc1ccc(C#N)cc1)C(=O)O. The molecule has 0 saturated heterocycles. The van der Waals surface area contributed by atoms with Crippen LogP contribution in [-0.2, 0) is 4.79 Å². The van der Waals surface area contributed by atoms with Crippen molar-refractivity contribution in [2.24, 2.45) is 4.99 Å². The molecule has 122 valence electrons. The summed E-state index contributed by atoms with van der Waals surface area (Å²) in [6.45, 7) is 1.58. The Hall–Kier alpha value is -2.55. The molecule has 3 N–H and O–H groups in total. The molecule has 2 rings (SSSR count). The molecular formula is C17H22N4O2. The summed E-state index contributed by atoms with van der Waals surface area (Å²) < 4.78 is 0. The van der Waals surface area contributed by atoms with Crippen molar-refractivity contribution in [1.82, 2.24) is 5.32 Å². The number of nitrogens with zero attached hydrogens (tertiary/aromatic N) is 2. The number of carboxylic acids is 1. The first-order chi connectivity index (χ1) is 11.1. The topological polar surface area (TPSA) is 97.5 Å². The number of hydrogen-bond acceptors (Lipinski definition) is 3. The van der Waals surface area contributed by atoms with E-state index in [1.54, 1.807) is 31.2 Å². The average Bonchev–Trinajstić information content (AvgIpc) is 2.56. The van der Waals surface area contributed by atoms with Gasteiger partial charge in [-0.1, -0.05) is 19.3 Å². The summed E-state index contributed by atoms with van der Waals surface area (Å²) >= 11 is 0. The van der Waals surface area contributed by atoms with Crippen LogP contribution in [0.25, 0.3) is 0 Å². The second-order valence-corrected chi connectivity index (χ2v) is 5.79. The number of rotatable bonds is 4. The van der Waals surface area contributed by atoms with Crippen LogP contribution in [0.5, 0.6) is 0 Å². The highest BCUT2D eigenvalue weighted by atomic mass is 16.4. The van der Waals surface area contributed by atoms with Crippen LogP contribution in [0.2, 0.25) is 0 Å². The minimum atomic E-state index is -0.928. The highest BCUT2D eigenvalue weighted by Gasteiger charge is 2.17. The summed E-state index contributed by atoms with van der Waals surface area (Å²) in [6, 6.07) is 8.53. The summed E-state index contributed by atoms with van der Waals surface area (Å²) in [6.07, 6.45) is 5.62. The van der Waals surface area contributed by atoms with Gasteiger partial charge in [0.05, 0.1) is 17.7 Å². The monoisotopic (exact) mass is 314 g/mol. The molecule has 0 heterocycles. The summed E-state index contributed by atoms with van der Waals surface area (Å²) in [7, 11) is 0. The van der Waals surface area contributed by atoms with Crippen LogP contribution in [0.3, 0.4) is 0 Å². The van der Waals surface area contributed by atoms with E-state index < -0.39 is 12.0 Å². The van der Waals surface area contributed by atoms with Crippen molar-refractivity contribution in [2.75, 3.05) is 5.32 Å². The third-order valence-electron chi connectivity index (χ3n) is 3.89. The smallest absolute Gasteiger partial charge is 0.325 e. The highest BCUT2D eigenvalue weighted by Crippen LogP contribution is 2.20. The second kappa shape index (κ2) is 8.18. The highest BCUT2D eigenvalue weighted by molar-refractivity contribution is 5.96. The van der Waals surface area contributed by atoms with E-state index in [1.165, 1.54) is 6.42 Å². The molecule has 1 fully saturated rings. The maximum absolute atomic E-state index is 11.1. The number of aliphatic imine (C=N–C) groups is 1. The van der Waals surface area contributed by atoms with E-state index in [4.69, 9.17) is 10.4 Å². The van der Waals surface area contributed by atoms with Crippen molar-refractivity contribution in [3.8, 4) is 6.07 Å². The third kappa shape index (κ3) is 5.29. The number of nitriles is 1. The van der Waals surface area contributed by atoms with Crippen molar-refractivity contribution in [3.05, 3.63) is 29.8 Å². The van der Waals surface area contributed by atoms with Crippen LogP contribution >= 0.6 is 0 Å². The largest absolute Gasteiger partial charge is 0.480 e. The van der Waals surface area contributed by atoms with Gasteiger partial charge in [-0.2, -0.15) is 5.26 Å².